The number of hydrogen-bond donors (Lipinski definition) is 0. The minimum atomic E-state index is -3.50. The van der Waals surface area contributed by atoms with Gasteiger partial charge in [-0.2, -0.15) is 4.31 Å². The van der Waals surface area contributed by atoms with E-state index in [9.17, 15) is 13.2 Å². The van der Waals surface area contributed by atoms with Crippen molar-refractivity contribution in [1.82, 2.24) is 14.3 Å². The third-order valence-corrected chi connectivity index (χ3v) is 10.4. The van der Waals surface area contributed by atoms with Crippen LogP contribution in [0.1, 0.15) is 24.0 Å². The van der Waals surface area contributed by atoms with Crippen LogP contribution in [-0.2, 0) is 21.4 Å². The molecule has 0 radical (unpaired) electrons. The number of hydrogen-bond acceptors (Lipinski definition) is 7. The maximum absolute atomic E-state index is 13.8. The maximum atomic E-state index is 13.8. The summed E-state index contributed by atoms with van der Waals surface area (Å²) in [5.74, 6) is -0.284. The molecule has 1 amide bonds. The lowest BCUT2D eigenvalue weighted by molar-refractivity contribution is -0.123. The highest BCUT2D eigenvalue weighted by molar-refractivity contribution is 7.91. The lowest BCUT2D eigenvalue weighted by Crippen LogP contribution is -2.44. The van der Waals surface area contributed by atoms with Crippen molar-refractivity contribution in [3.63, 3.8) is 0 Å². The van der Waals surface area contributed by atoms with E-state index in [2.05, 4.69) is 4.98 Å². The van der Waals surface area contributed by atoms with E-state index in [-0.39, 0.29) is 11.8 Å². The number of benzene rings is 1. The van der Waals surface area contributed by atoms with Gasteiger partial charge in [0.25, 0.3) is 10.0 Å². The topological polar surface area (TPSA) is 83.5 Å². The minimum Gasteiger partial charge on any atom is -0.283 e. The zero-order valence-corrected chi connectivity index (χ0v) is 21.1. The smallest absolute Gasteiger partial charge is 0.252 e. The molecule has 176 valence electrons. The highest BCUT2D eigenvalue weighted by atomic mass is 32.2. The number of sulfonamides is 1. The molecule has 0 bridgehead atoms. The molecule has 34 heavy (non-hydrogen) atoms. The van der Waals surface area contributed by atoms with Crippen molar-refractivity contribution < 1.29 is 13.2 Å². The number of piperidine rings is 1. The molecular formula is C24H24N4O3S3. The number of carbonyl (C=O) groups excluding carboxylic acids is 1. The Bertz CT molecular complexity index is 1390. The summed E-state index contributed by atoms with van der Waals surface area (Å²) in [6.45, 7) is 3.05. The van der Waals surface area contributed by atoms with Gasteiger partial charge in [-0.25, -0.2) is 13.4 Å². The van der Waals surface area contributed by atoms with Crippen LogP contribution >= 0.6 is 22.7 Å². The SMILES string of the molecule is Cc1cccc2sc(N(Cc3cccnc3)C(=O)C3CCN(S(=O)(=O)c4cccs4)CC3)nc12. The van der Waals surface area contributed by atoms with Gasteiger partial charge in [-0.1, -0.05) is 35.6 Å². The molecule has 1 saturated heterocycles. The van der Waals surface area contributed by atoms with Gasteiger partial charge in [0.05, 0.1) is 16.8 Å². The number of aromatic nitrogens is 2. The minimum absolute atomic E-state index is 0.0197. The number of amides is 1. The van der Waals surface area contributed by atoms with Gasteiger partial charge >= 0.3 is 0 Å². The van der Waals surface area contributed by atoms with Gasteiger partial charge in [0.15, 0.2) is 5.13 Å². The van der Waals surface area contributed by atoms with Crippen molar-refractivity contribution in [1.29, 1.82) is 0 Å². The Kier molecular flexibility index (Phi) is 6.48. The number of thiophene rings is 1. The third-order valence-electron chi connectivity index (χ3n) is 6.06. The fourth-order valence-electron chi connectivity index (χ4n) is 4.20. The molecule has 7 nitrogen and oxygen atoms in total. The Morgan fingerprint density at radius 2 is 1.97 bits per heavy atom. The number of thiazole rings is 1. The van der Waals surface area contributed by atoms with Gasteiger partial charge in [-0.3, -0.25) is 14.7 Å². The molecule has 0 N–H and O–H groups in total. The van der Waals surface area contributed by atoms with Crippen LogP contribution in [0.5, 0.6) is 0 Å². The summed E-state index contributed by atoms with van der Waals surface area (Å²) in [5, 5.41) is 2.42. The number of pyridine rings is 1. The highest BCUT2D eigenvalue weighted by Gasteiger charge is 2.35. The molecule has 1 fully saturated rings. The van der Waals surface area contributed by atoms with Crippen LogP contribution in [0, 0.1) is 12.8 Å². The summed E-state index contributed by atoms with van der Waals surface area (Å²) < 4.78 is 28.6. The van der Waals surface area contributed by atoms with Crippen LogP contribution in [0.25, 0.3) is 10.2 Å². The van der Waals surface area contributed by atoms with Gasteiger partial charge in [0.1, 0.15) is 4.21 Å². The monoisotopic (exact) mass is 512 g/mol. The van der Waals surface area contributed by atoms with Gasteiger partial charge in [0, 0.05) is 31.4 Å². The first-order chi connectivity index (χ1) is 16.4. The molecule has 1 aliphatic rings. The molecular weight excluding hydrogens is 488 g/mol. The van der Waals surface area contributed by atoms with E-state index >= 15 is 0 Å². The van der Waals surface area contributed by atoms with Crippen LogP contribution in [0.4, 0.5) is 5.13 Å². The standard InChI is InChI=1S/C24H24N4O3S3/c1-17-5-2-7-20-22(17)26-24(33-20)28(16-18-6-3-11-25-15-18)23(29)19-9-12-27(13-10-19)34(30,31)21-8-4-14-32-21/h2-8,11,14-15,19H,9-10,12-13,16H2,1H3. The summed E-state index contributed by atoms with van der Waals surface area (Å²) >= 11 is 2.72. The van der Waals surface area contributed by atoms with Crippen LogP contribution in [0.2, 0.25) is 0 Å². The van der Waals surface area contributed by atoms with Crippen molar-refractivity contribution in [2.75, 3.05) is 18.0 Å². The number of anilines is 1. The molecule has 0 atom stereocenters. The Hall–Kier alpha value is -2.66. The molecule has 4 heterocycles. The van der Waals surface area contributed by atoms with E-state index in [0.717, 1.165) is 21.3 Å². The molecule has 0 unspecified atom stereocenters. The second-order valence-electron chi connectivity index (χ2n) is 8.31. The van der Waals surface area contributed by atoms with Crippen LogP contribution in [-0.4, -0.2) is 41.7 Å². The second-order valence-corrected chi connectivity index (χ2v) is 12.4. The van der Waals surface area contributed by atoms with E-state index in [1.807, 2.05) is 37.3 Å². The number of rotatable bonds is 6. The Balaban J connectivity index is 1.39. The first-order valence-electron chi connectivity index (χ1n) is 11.0. The van der Waals surface area contributed by atoms with Crippen molar-refractivity contribution in [2.24, 2.45) is 5.92 Å². The number of carbonyl (C=O) groups is 1. The van der Waals surface area contributed by atoms with Crippen molar-refractivity contribution in [2.45, 2.75) is 30.5 Å². The lowest BCUT2D eigenvalue weighted by atomic mass is 9.96. The van der Waals surface area contributed by atoms with Gasteiger partial charge in [0.2, 0.25) is 5.91 Å². The maximum Gasteiger partial charge on any atom is 0.252 e. The number of nitrogens with zero attached hydrogens (tertiary/aromatic N) is 4. The normalized spacial score (nSPS) is 15.6. The molecule has 1 aliphatic heterocycles. The van der Waals surface area contributed by atoms with E-state index in [1.165, 1.54) is 27.0 Å². The predicted molar refractivity (Wildman–Crippen MR) is 136 cm³/mol. The predicted octanol–water partition coefficient (Wildman–Crippen LogP) is 4.70. The van der Waals surface area contributed by atoms with Crippen LogP contribution in [0.15, 0.2) is 64.4 Å². The lowest BCUT2D eigenvalue weighted by Gasteiger charge is -2.32. The van der Waals surface area contributed by atoms with Crippen molar-refractivity contribution in [3.05, 3.63) is 71.4 Å². The molecule has 0 spiro atoms. The van der Waals surface area contributed by atoms with Crippen molar-refractivity contribution in [3.8, 4) is 0 Å². The molecule has 4 aromatic rings. The third kappa shape index (κ3) is 4.50. The quantitative estimate of drug-likeness (QED) is 0.374. The Morgan fingerprint density at radius 3 is 2.65 bits per heavy atom. The second kappa shape index (κ2) is 9.53. The van der Waals surface area contributed by atoms with Crippen LogP contribution < -0.4 is 4.90 Å². The zero-order valence-electron chi connectivity index (χ0n) is 18.6. The Morgan fingerprint density at radius 1 is 1.15 bits per heavy atom. The highest BCUT2D eigenvalue weighted by Crippen LogP contribution is 2.34. The summed E-state index contributed by atoms with van der Waals surface area (Å²) in [6, 6.07) is 13.2. The van der Waals surface area contributed by atoms with Gasteiger partial charge in [-0.05, 0) is 54.5 Å². The van der Waals surface area contributed by atoms with Gasteiger partial charge in [-0.15, -0.1) is 11.3 Å². The molecule has 1 aromatic carbocycles. The summed E-state index contributed by atoms with van der Waals surface area (Å²) in [4.78, 5) is 24.5. The molecule has 0 aliphatic carbocycles. The average molecular weight is 513 g/mol. The fraction of sp³-hybridized carbons (Fsp3) is 0.292. The van der Waals surface area contributed by atoms with Gasteiger partial charge < -0.3 is 0 Å². The first kappa shape index (κ1) is 23.1. The average Bonchev–Trinajstić information content (AvgIpc) is 3.54. The van der Waals surface area contributed by atoms with E-state index in [4.69, 9.17) is 4.98 Å². The molecule has 5 rings (SSSR count). The summed E-state index contributed by atoms with van der Waals surface area (Å²) in [7, 11) is -3.50. The van der Waals surface area contributed by atoms with E-state index in [1.54, 1.807) is 34.8 Å². The molecule has 3 aromatic heterocycles. The number of fused-ring (bicyclic) bond motifs is 1. The van der Waals surface area contributed by atoms with E-state index in [0.29, 0.717) is 41.8 Å². The fourth-order valence-corrected chi connectivity index (χ4v) is 7.87. The largest absolute Gasteiger partial charge is 0.283 e. The van der Waals surface area contributed by atoms with Crippen LogP contribution in [0.3, 0.4) is 0 Å². The Labute approximate surface area is 206 Å². The number of para-hydroxylation sites is 1. The number of aryl methyl sites for hydroxylation is 1. The van der Waals surface area contributed by atoms with E-state index < -0.39 is 10.0 Å². The molecule has 10 heteroatoms. The first-order valence-corrected chi connectivity index (χ1v) is 14.2. The molecule has 0 saturated carbocycles. The summed E-state index contributed by atoms with van der Waals surface area (Å²) in [5.41, 5.74) is 2.90. The van der Waals surface area contributed by atoms with Crippen molar-refractivity contribution >= 4 is 54.0 Å². The summed E-state index contributed by atoms with van der Waals surface area (Å²) in [6.07, 6.45) is 4.43. The zero-order chi connectivity index (χ0) is 23.7.